The molecule has 8 nitrogen and oxygen atoms in total. The Morgan fingerprint density at radius 1 is 1.47 bits per heavy atom. The van der Waals surface area contributed by atoms with Crippen LogP contribution in [0.3, 0.4) is 0 Å². The minimum atomic E-state index is -2.21. The molecular formula is C11H19NO7. The average molecular weight is 277 g/mol. The second-order valence-corrected chi connectivity index (χ2v) is 4.11. The fourth-order valence-electron chi connectivity index (χ4n) is 1.87. The van der Waals surface area contributed by atoms with Crippen LogP contribution in [0.25, 0.3) is 0 Å². The fraction of sp³-hybridized carbons (Fsp3) is 0.727. The number of ether oxygens (including phenoxy) is 2. The predicted octanol–water partition coefficient (Wildman–Crippen LogP) is -2.89. The third-order valence-corrected chi connectivity index (χ3v) is 2.91. The Morgan fingerprint density at radius 2 is 2.11 bits per heavy atom. The van der Waals surface area contributed by atoms with Crippen LogP contribution >= 0.6 is 0 Å². The van der Waals surface area contributed by atoms with Crippen LogP contribution in [-0.2, 0) is 14.3 Å². The molecule has 19 heavy (non-hydrogen) atoms. The number of carbonyl (C=O) groups excluding carboxylic acids is 1. The Bertz CT molecular complexity index is 335. The second-order valence-electron chi connectivity index (χ2n) is 4.11. The maximum absolute atomic E-state index is 11.9. The molecule has 0 aromatic carbocycles. The molecule has 5 N–H and O–H groups in total. The van der Waals surface area contributed by atoms with E-state index in [2.05, 4.69) is 11.9 Å². The Kier molecular flexibility index (Phi) is 5.41. The van der Waals surface area contributed by atoms with E-state index in [0.717, 1.165) is 0 Å². The molecule has 1 heterocycles. The number of amides is 1. The van der Waals surface area contributed by atoms with Gasteiger partial charge in [0.2, 0.25) is 0 Å². The lowest BCUT2D eigenvalue weighted by Gasteiger charge is -2.46. The minimum Gasteiger partial charge on any atom is -0.394 e. The topological polar surface area (TPSA) is 128 Å². The third-order valence-electron chi connectivity index (χ3n) is 2.91. The summed E-state index contributed by atoms with van der Waals surface area (Å²) in [7, 11) is 1.29. The number of hydrogen-bond donors (Lipinski definition) is 5. The highest BCUT2D eigenvalue weighted by Gasteiger charge is 2.58. The summed E-state index contributed by atoms with van der Waals surface area (Å²) in [6.45, 7) is 2.62. The van der Waals surface area contributed by atoms with Crippen molar-refractivity contribution < 1.29 is 34.7 Å². The van der Waals surface area contributed by atoms with Crippen molar-refractivity contribution in [2.45, 2.75) is 30.2 Å². The number of rotatable bonds is 5. The lowest BCUT2D eigenvalue weighted by molar-refractivity contribution is -0.343. The number of aliphatic hydroxyl groups is 4. The van der Waals surface area contributed by atoms with Crippen molar-refractivity contribution in [1.29, 1.82) is 0 Å². The SMILES string of the molecule is C=CCOC1(C(=O)NC)O[C@H](CO)[C@@H](O)[C@H](O)[C@H]1O. The van der Waals surface area contributed by atoms with E-state index >= 15 is 0 Å². The van der Waals surface area contributed by atoms with Gasteiger partial charge in [-0.1, -0.05) is 6.08 Å². The monoisotopic (exact) mass is 277 g/mol. The molecule has 1 fully saturated rings. The number of hydrogen-bond acceptors (Lipinski definition) is 7. The molecule has 1 saturated heterocycles. The number of aliphatic hydroxyl groups excluding tert-OH is 4. The van der Waals surface area contributed by atoms with E-state index in [-0.39, 0.29) is 6.61 Å². The summed E-state index contributed by atoms with van der Waals surface area (Å²) in [5, 5.41) is 40.7. The highest BCUT2D eigenvalue weighted by Crippen LogP contribution is 2.31. The molecule has 5 atom stereocenters. The minimum absolute atomic E-state index is 0.133. The zero-order valence-corrected chi connectivity index (χ0v) is 10.5. The van der Waals surface area contributed by atoms with Crippen molar-refractivity contribution >= 4 is 5.91 Å². The van der Waals surface area contributed by atoms with Gasteiger partial charge in [-0.15, -0.1) is 6.58 Å². The molecule has 1 amide bonds. The molecule has 1 unspecified atom stereocenters. The van der Waals surface area contributed by atoms with E-state index in [4.69, 9.17) is 14.6 Å². The van der Waals surface area contributed by atoms with Gasteiger partial charge in [0.1, 0.15) is 24.4 Å². The predicted molar refractivity (Wildman–Crippen MR) is 62.9 cm³/mol. The zero-order chi connectivity index (χ0) is 14.6. The Labute approximate surface area is 110 Å². The average Bonchev–Trinajstić information content (AvgIpc) is 2.43. The van der Waals surface area contributed by atoms with Gasteiger partial charge in [-0.05, 0) is 0 Å². The largest absolute Gasteiger partial charge is 0.394 e. The number of nitrogens with one attached hydrogen (secondary N) is 1. The van der Waals surface area contributed by atoms with E-state index < -0.39 is 42.7 Å². The molecule has 0 spiro atoms. The summed E-state index contributed by atoms with van der Waals surface area (Å²) in [6, 6.07) is 0. The van der Waals surface area contributed by atoms with Crippen LogP contribution in [0.5, 0.6) is 0 Å². The third kappa shape index (κ3) is 2.78. The van der Waals surface area contributed by atoms with Crippen LogP contribution in [-0.4, -0.2) is 76.8 Å². The van der Waals surface area contributed by atoms with Crippen molar-refractivity contribution in [2.24, 2.45) is 0 Å². The smallest absolute Gasteiger partial charge is 0.283 e. The number of carbonyl (C=O) groups is 1. The van der Waals surface area contributed by atoms with Gasteiger partial charge >= 0.3 is 0 Å². The highest BCUT2D eigenvalue weighted by atomic mass is 16.7. The maximum Gasteiger partial charge on any atom is 0.283 e. The van der Waals surface area contributed by atoms with Crippen LogP contribution in [0.2, 0.25) is 0 Å². The van der Waals surface area contributed by atoms with Crippen LogP contribution in [0, 0.1) is 0 Å². The summed E-state index contributed by atoms with van der Waals surface area (Å²) in [5.74, 6) is -3.05. The van der Waals surface area contributed by atoms with E-state index in [1.807, 2.05) is 0 Å². The Hall–Kier alpha value is -1.03. The molecule has 0 saturated carbocycles. The van der Waals surface area contributed by atoms with Gasteiger partial charge in [0.25, 0.3) is 11.7 Å². The number of likely N-dealkylation sites (N-methyl/N-ethyl adjacent to an activating group) is 1. The molecular weight excluding hydrogens is 258 g/mol. The summed E-state index contributed by atoms with van der Waals surface area (Å²) >= 11 is 0. The lowest BCUT2D eigenvalue weighted by atomic mass is 9.92. The van der Waals surface area contributed by atoms with Gasteiger partial charge < -0.3 is 35.2 Å². The second kappa shape index (κ2) is 6.42. The lowest BCUT2D eigenvalue weighted by Crippen LogP contribution is -2.70. The van der Waals surface area contributed by atoms with Gasteiger partial charge in [-0.3, -0.25) is 4.79 Å². The quantitative estimate of drug-likeness (QED) is 0.341. The first-order valence-corrected chi connectivity index (χ1v) is 5.74. The van der Waals surface area contributed by atoms with Gasteiger partial charge in [-0.25, -0.2) is 0 Å². The van der Waals surface area contributed by atoms with E-state index in [1.165, 1.54) is 13.1 Å². The summed E-state index contributed by atoms with van der Waals surface area (Å²) in [6.07, 6.45) is -4.99. The fourth-order valence-corrected chi connectivity index (χ4v) is 1.87. The van der Waals surface area contributed by atoms with E-state index in [0.29, 0.717) is 0 Å². The van der Waals surface area contributed by atoms with Gasteiger partial charge in [-0.2, -0.15) is 0 Å². The normalized spacial score (nSPS) is 38.8. The first-order chi connectivity index (χ1) is 8.94. The van der Waals surface area contributed by atoms with Crippen LogP contribution in [0.4, 0.5) is 0 Å². The molecule has 0 aliphatic carbocycles. The molecule has 1 aliphatic rings. The zero-order valence-electron chi connectivity index (χ0n) is 10.5. The molecule has 1 aliphatic heterocycles. The van der Waals surface area contributed by atoms with Crippen molar-refractivity contribution in [3.63, 3.8) is 0 Å². The molecule has 1 rings (SSSR count). The van der Waals surface area contributed by atoms with Crippen LogP contribution in [0.15, 0.2) is 12.7 Å². The van der Waals surface area contributed by atoms with E-state index in [9.17, 15) is 20.1 Å². The van der Waals surface area contributed by atoms with Crippen molar-refractivity contribution in [1.82, 2.24) is 5.32 Å². The van der Waals surface area contributed by atoms with Crippen molar-refractivity contribution in [3.05, 3.63) is 12.7 Å². The first kappa shape index (κ1) is 16.0. The van der Waals surface area contributed by atoms with E-state index in [1.54, 1.807) is 0 Å². The molecule has 0 aromatic rings. The van der Waals surface area contributed by atoms with Crippen LogP contribution < -0.4 is 5.32 Å². The summed E-state index contributed by atoms with van der Waals surface area (Å²) in [4.78, 5) is 11.9. The summed E-state index contributed by atoms with van der Waals surface area (Å²) in [5.41, 5.74) is 0. The highest BCUT2D eigenvalue weighted by molar-refractivity contribution is 5.84. The standard InChI is InChI=1S/C11H19NO7/c1-3-4-18-11(10(17)12-2)9(16)8(15)7(14)6(5-13)19-11/h3,6-9,13-16H,1,4-5H2,2H3,(H,12,17)/t6-,7-,8+,9-,11?/m1/s1. The molecule has 0 aromatic heterocycles. The maximum atomic E-state index is 11.9. The first-order valence-electron chi connectivity index (χ1n) is 5.74. The molecule has 0 radical (unpaired) electrons. The van der Waals surface area contributed by atoms with Gasteiger partial charge in [0.15, 0.2) is 0 Å². The van der Waals surface area contributed by atoms with Crippen molar-refractivity contribution in [2.75, 3.05) is 20.3 Å². The molecule has 0 bridgehead atoms. The molecule has 110 valence electrons. The summed E-state index contributed by atoms with van der Waals surface area (Å²) < 4.78 is 10.3. The van der Waals surface area contributed by atoms with Crippen molar-refractivity contribution in [3.8, 4) is 0 Å². The van der Waals surface area contributed by atoms with Gasteiger partial charge in [0.05, 0.1) is 13.2 Å². The van der Waals surface area contributed by atoms with Crippen LogP contribution in [0.1, 0.15) is 0 Å². The van der Waals surface area contributed by atoms with Gasteiger partial charge in [0, 0.05) is 7.05 Å². The molecule has 8 heteroatoms. The Balaban J connectivity index is 3.11. The Morgan fingerprint density at radius 3 is 2.58 bits per heavy atom.